The van der Waals surface area contributed by atoms with Crippen LogP contribution in [-0.2, 0) is 29.4 Å². The molecule has 4 nitrogen and oxygen atoms in total. The van der Waals surface area contributed by atoms with Gasteiger partial charge in [-0.05, 0) is 59.6 Å². The van der Waals surface area contributed by atoms with Crippen LogP contribution in [0.4, 0.5) is 18.9 Å². The summed E-state index contributed by atoms with van der Waals surface area (Å²) in [5.74, 6) is -0.776. The summed E-state index contributed by atoms with van der Waals surface area (Å²) in [7, 11) is 0. The number of nitrogens with one attached hydrogen (secondary N) is 1. The summed E-state index contributed by atoms with van der Waals surface area (Å²) in [6, 6.07) is 16.0. The lowest BCUT2D eigenvalue weighted by molar-refractivity contribution is -0.137. The van der Waals surface area contributed by atoms with Gasteiger partial charge in [0, 0.05) is 19.0 Å². The van der Waals surface area contributed by atoms with Gasteiger partial charge < -0.3 is 10.2 Å². The SMILES string of the molecule is CC(C)(C)c1ccc(CN(CCc2cccc(C(F)(F)F)c2)C(=O)c2c(NC(=O)C3CC3)ccc(Cl)c2Cl)cc1. The van der Waals surface area contributed by atoms with Crippen LogP contribution in [0, 0.1) is 5.92 Å². The molecule has 1 aliphatic carbocycles. The van der Waals surface area contributed by atoms with Crippen molar-refractivity contribution in [3.63, 3.8) is 0 Å². The van der Waals surface area contributed by atoms with E-state index in [0.29, 0.717) is 5.56 Å². The molecule has 0 saturated heterocycles. The molecule has 1 fully saturated rings. The van der Waals surface area contributed by atoms with E-state index in [0.717, 1.165) is 36.1 Å². The molecule has 0 atom stereocenters. The highest BCUT2D eigenvalue weighted by Gasteiger charge is 2.32. The van der Waals surface area contributed by atoms with Crippen LogP contribution in [0.5, 0.6) is 0 Å². The zero-order valence-electron chi connectivity index (χ0n) is 22.5. The highest BCUT2D eigenvalue weighted by atomic mass is 35.5. The second-order valence-corrected chi connectivity index (χ2v) is 12.0. The minimum absolute atomic E-state index is 0.00686. The van der Waals surface area contributed by atoms with Crippen molar-refractivity contribution in [1.82, 2.24) is 4.90 Å². The van der Waals surface area contributed by atoms with Crippen LogP contribution >= 0.6 is 23.2 Å². The molecular weight excluding hydrogens is 560 g/mol. The van der Waals surface area contributed by atoms with E-state index in [1.807, 2.05) is 24.3 Å². The number of anilines is 1. The number of rotatable bonds is 8. The molecule has 0 unspecified atom stereocenters. The number of amides is 2. The van der Waals surface area contributed by atoms with E-state index in [4.69, 9.17) is 23.2 Å². The topological polar surface area (TPSA) is 49.4 Å². The quantitative estimate of drug-likeness (QED) is 0.286. The van der Waals surface area contributed by atoms with Crippen molar-refractivity contribution >= 4 is 40.7 Å². The molecule has 212 valence electrons. The third-order valence-corrected chi connectivity index (χ3v) is 7.72. The van der Waals surface area contributed by atoms with Gasteiger partial charge in [-0.3, -0.25) is 9.59 Å². The number of alkyl halides is 3. The molecule has 4 rings (SSSR count). The van der Waals surface area contributed by atoms with Gasteiger partial charge in [0.15, 0.2) is 0 Å². The van der Waals surface area contributed by atoms with Gasteiger partial charge in [-0.1, -0.05) is 86.4 Å². The standard InChI is InChI=1S/C31H31Cl2F3N2O2/c1-30(2,3)22-11-7-20(8-12-22)18-38(16-15-19-5-4-6-23(17-19)31(34,35)36)29(40)26-25(14-13-24(32)27(26)33)37-28(39)21-9-10-21/h4-8,11-14,17,21H,9-10,15-16,18H2,1-3H3,(H,37,39). The molecule has 40 heavy (non-hydrogen) atoms. The fraction of sp³-hybridized carbons (Fsp3) is 0.355. The Morgan fingerprint density at radius 3 is 2.20 bits per heavy atom. The molecule has 1 N–H and O–H groups in total. The van der Waals surface area contributed by atoms with E-state index in [2.05, 4.69) is 26.1 Å². The number of hydrogen-bond donors (Lipinski definition) is 1. The average molecular weight is 592 g/mol. The number of benzene rings is 3. The number of nitrogens with zero attached hydrogens (tertiary/aromatic N) is 1. The summed E-state index contributed by atoms with van der Waals surface area (Å²) in [5.41, 5.74) is 1.91. The fourth-order valence-corrected chi connectivity index (χ4v) is 4.76. The first-order valence-electron chi connectivity index (χ1n) is 13.1. The molecule has 0 spiro atoms. The molecule has 3 aromatic carbocycles. The third kappa shape index (κ3) is 7.38. The first kappa shape index (κ1) is 29.9. The van der Waals surface area contributed by atoms with Crippen LogP contribution in [0.15, 0.2) is 60.7 Å². The number of carbonyl (C=O) groups is 2. The maximum absolute atomic E-state index is 14.0. The maximum Gasteiger partial charge on any atom is 0.416 e. The van der Waals surface area contributed by atoms with Crippen LogP contribution < -0.4 is 5.32 Å². The molecule has 2 amide bonds. The number of hydrogen-bond acceptors (Lipinski definition) is 2. The Labute approximate surface area is 242 Å². The Morgan fingerprint density at radius 2 is 1.60 bits per heavy atom. The Hall–Kier alpha value is -3.03. The molecule has 0 radical (unpaired) electrons. The summed E-state index contributed by atoms with van der Waals surface area (Å²) in [6.45, 7) is 6.60. The van der Waals surface area contributed by atoms with Gasteiger partial charge in [0.05, 0.1) is 26.9 Å². The summed E-state index contributed by atoms with van der Waals surface area (Å²) < 4.78 is 39.9. The molecule has 1 saturated carbocycles. The van der Waals surface area contributed by atoms with Gasteiger partial charge >= 0.3 is 6.18 Å². The van der Waals surface area contributed by atoms with E-state index >= 15 is 0 Å². The van der Waals surface area contributed by atoms with Crippen molar-refractivity contribution in [3.8, 4) is 0 Å². The van der Waals surface area contributed by atoms with Crippen molar-refractivity contribution in [3.05, 3.63) is 98.5 Å². The van der Waals surface area contributed by atoms with Gasteiger partial charge in [0.2, 0.25) is 5.91 Å². The minimum Gasteiger partial charge on any atom is -0.334 e. The van der Waals surface area contributed by atoms with Crippen molar-refractivity contribution < 1.29 is 22.8 Å². The summed E-state index contributed by atoms with van der Waals surface area (Å²) in [6.07, 6.45) is -2.73. The zero-order chi connectivity index (χ0) is 29.2. The first-order chi connectivity index (χ1) is 18.7. The largest absolute Gasteiger partial charge is 0.416 e. The fourth-order valence-electron chi connectivity index (χ4n) is 4.35. The molecule has 0 aromatic heterocycles. The van der Waals surface area contributed by atoms with Crippen molar-refractivity contribution in [2.45, 2.75) is 58.2 Å². The maximum atomic E-state index is 14.0. The zero-order valence-corrected chi connectivity index (χ0v) is 24.1. The van der Waals surface area contributed by atoms with E-state index < -0.39 is 17.6 Å². The normalized spacial score (nSPS) is 13.7. The van der Waals surface area contributed by atoms with Gasteiger partial charge in [-0.25, -0.2) is 0 Å². The summed E-state index contributed by atoms with van der Waals surface area (Å²) in [4.78, 5) is 28.1. The molecule has 0 aliphatic heterocycles. The molecule has 0 heterocycles. The van der Waals surface area contributed by atoms with Crippen molar-refractivity contribution in [1.29, 1.82) is 0 Å². The van der Waals surface area contributed by atoms with E-state index in [9.17, 15) is 22.8 Å². The van der Waals surface area contributed by atoms with E-state index in [1.54, 1.807) is 12.1 Å². The second kappa shape index (κ2) is 11.8. The molecular formula is C31H31Cl2F3N2O2. The second-order valence-electron chi connectivity index (χ2n) is 11.2. The first-order valence-corrected chi connectivity index (χ1v) is 13.8. The monoisotopic (exact) mass is 590 g/mol. The Bertz CT molecular complexity index is 1400. The van der Waals surface area contributed by atoms with Crippen LogP contribution in [0.25, 0.3) is 0 Å². The molecule has 0 bridgehead atoms. The van der Waals surface area contributed by atoms with Gasteiger partial charge in [-0.2, -0.15) is 13.2 Å². The van der Waals surface area contributed by atoms with Gasteiger partial charge in [0.1, 0.15) is 0 Å². The lowest BCUT2D eigenvalue weighted by atomic mass is 9.87. The van der Waals surface area contributed by atoms with Gasteiger partial charge in [-0.15, -0.1) is 0 Å². The van der Waals surface area contributed by atoms with Crippen LogP contribution in [0.1, 0.15) is 66.2 Å². The molecule has 3 aromatic rings. The lowest BCUT2D eigenvalue weighted by Gasteiger charge is -2.26. The van der Waals surface area contributed by atoms with E-state index in [1.165, 1.54) is 17.0 Å². The van der Waals surface area contributed by atoms with Crippen LogP contribution in [0.3, 0.4) is 0 Å². The number of carbonyl (C=O) groups excluding carboxylic acids is 2. The average Bonchev–Trinajstić information content (AvgIpc) is 3.74. The summed E-state index contributed by atoms with van der Waals surface area (Å²) >= 11 is 12.8. The Kier molecular flexibility index (Phi) is 8.86. The summed E-state index contributed by atoms with van der Waals surface area (Å²) in [5, 5.41) is 2.97. The predicted octanol–water partition coefficient (Wildman–Crippen LogP) is 8.54. The minimum atomic E-state index is -4.47. The highest BCUT2D eigenvalue weighted by Crippen LogP contribution is 2.36. The third-order valence-electron chi connectivity index (χ3n) is 6.92. The number of halogens is 5. The van der Waals surface area contributed by atoms with E-state index in [-0.39, 0.29) is 58.0 Å². The molecule has 1 aliphatic rings. The lowest BCUT2D eigenvalue weighted by Crippen LogP contribution is -2.33. The Balaban J connectivity index is 1.66. The Morgan fingerprint density at radius 1 is 0.925 bits per heavy atom. The van der Waals surface area contributed by atoms with Gasteiger partial charge in [0.25, 0.3) is 5.91 Å². The van der Waals surface area contributed by atoms with Crippen molar-refractivity contribution in [2.24, 2.45) is 5.92 Å². The van der Waals surface area contributed by atoms with Crippen molar-refractivity contribution in [2.75, 3.05) is 11.9 Å². The predicted molar refractivity (Wildman–Crippen MR) is 153 cm³/mol. The van der Waals surface area contributed by atoms with Crippen LogP contribution in [0.2, 0.25) is 10.0 Å². The smallest absolute Gasteiger partial charge is 0.334 e. The molecule has 9 heteroatoms. The highest BCUT2D eigenvalue weighted by molar-refractivity contribution is 6.44. The van der Waals surface area contributed by atoms with Crippen LogP contribution in [-0.4, -0.2) is 23.3 Å².